The Morgan fingerprint density at radius 1 is 1.44 bits per heavy atom. The number of aromatic amines is 1. The molecule has 0 unspecified atom stereocenters. The number of hydrogen-bond acceptors (Lipinski definition) is 3. The summed E-state index contributed by atoms with van der Waals surface area (Å²) in [6, 6.07) is 2.76. The quantitative estimate of drug-likeness (QED) is 0.948. The molecule has 2 rings (SSSR count). The van der Waals surface area contributed by atoms with Crippen molar-refractivity contribution in [1.82, 2.24) is 15.0 Å². The predicted molar refractivity (Wildman–Crippen MR) is 69.7 cm³/mol. The molecule has 0 aromatic carbocycles. The number of rotatable bonds is 3. The van der Waals surface area contributed by atoms with Gasteiger partial charge in [0, 0.05) is 0 Å². The maximum atomic E-state index is 12.8. The highest BCUT2D eigenvalue weighted by Gasteiger charge is 2.10. The van der Waals surface area contributed by atoms with Gasteiger partial charge in [0.25, 0.3) is 5.56 Å². The smallest absolute Gasteiger partial charge is 0.265 e. The minimum Gasteiger partial charge on any atom is -0.304 e. The van der Waals surface area contributed by atoms with Crippen LogP contribution < -0.4 is 5.56 Å². The lowest BCUT2D eigenvalue weighted by Crippen LogP contribution is -2.14. The molecule has 94 valence electrons. The van der Waals surface area contributed by atoms with Crippen molar-refractivity contribution < 1.29 is 4.39 Å². The van der Waals surface area contributed by atoms with Crippen molar-refractivity contribution in [2.24, 2.45) is 0 Å². The summed E-state index contributed by atoms with van der Waals surface area (Å²) in [5.41, 5.74) is 0.871. The van der Waals surface area contributed by atoms with Crippen LogP contribution in [0.3, 0.4) is 0 Å². The first kappa shape index (κ1) is 12.9. The Morgan fingerprint density at radius 2 is 2.22 bits per heavy atom. The van der Waals surface area contributed by atoms with Gasteiger partial charge in [0.1, 0.15) is 16.0 Å². The Hall–Kier alpha value is -1.56. The van der Waals surface area contributed by atoms with E-state index in [2.05, 4.69) is 30.9 Å². The Kier molecular flexibility index (Phi) is 3.86. The summed E-state index contributed by atoms with van der Waals surface area (Å²) < 4.78 is 13.2. The molecule has 2 aromatic rings. The van der Waals surface area contributed by atoms with Crippen LogP contribution in [0.5, 0.6) is 0 Å². The lowest BCUT2D eigenvalue weighted by molar-refractivity contribution is 0.621. The summed E-state index contributed by atoms with van der Waals surface area (Å²) in [6.45, 7) is 2.01. The molecular formula is C12H11BrFN3O. The second kappa shape index (κ2) is 5.39. The summed E-state index contributed by atoms with van der Waals surface area (Å²) in [5, 5.41) is 0. The maximum absolute atomic E-state index is 12.8. The number of aryl methyl sites for hydroxylation is 1. The topological polar surface area (TPSA) is 58.6 Å². The largest absolute Gasteiger partial charge is 0.304 e. The fourth-order valence-corrected chi connectivity index (χ4v) is 1.93. The summed E-state index contributed by atoms with van der Waals surface area (Å²) in [6.07, 6.45) is 2.67. The average Bonchev–Trinajstić information content (AvgIpc) is 2.36. The van der Waals surface area contributed by atoms with E-state index < -0.39 is 5.82 Å². The zero-order valence-corrected chi connectivity index (χ0v) is 11.3. The minimum absolute atomic E-state index is 0.255. The van der Waals surface area contributed by atoms with Gasteiger partial charge in [0.2, 0.25) is 0 Å². The van der Waals surface area contributed by atoms with Crippen molar-refractivity contribution in [2.45, 2.75) is 19.8 Å². The molecule has 18 heavy (non-hydrogen) atoms. The average molecular weight is 312 g/mol. The van der Waals surface area contributed by atoms with E-state index in [1.807, 2.05) is 6.92 Å². The Morgan fingerprint density at radius 3 is 2.83 bits per heavy atom. The molecule has 0 aliphatic carbocycles. The van der Waals surface area contributed by atoms with E-state index in [1.165, 1.54) is 12.1 Å². The van der Waals surface area contributed by atoms with E-state index in [0.717, 1.165) is 12.6 Å². The Bertz CT molecular complexity index is 610. The van der Waals surface area contributed by atoms with Gasteiger partial charge in [0.15, 0.2) is 5.82 Å². The molecule has 0 atom stereocenters. The van der Waals surface area contributed by atoms with Crippen LogP contribution in [0.25, 0.3) is 11.5 Å². The summed E-state index contributed by atoms with van der Waals surface area (Å²) in [5.74, 6) is -0.0707. The number of nitrogens with zero attached hydrogens (tertiary/aromatic N) is 2. The maximum Gasteiger partial charge on any atom is 0.265 e. The summed E-state index contributed by atoms with van der Waals surface area (Å²) in [7, 11) is 0. The van der Waals surface area contributed by atoms with Gasteiger partial charge in [-0.1, -0.05) is 13.3 Å². The molecule has 6 heteroatoms. The molecule has 0 amide bonds. The van der Waals surface area contributed by atoms with Gasteiger partial charge in [-0.15, -0.1) is 0 Å². The zero-order chi connectivity index (χ0) is 13.1. The Labute approximate surface area is 111 Å². The summed E-state index contributed by atoms with van der Waals surface area (Å²) in [4.78, 5) is 22.6. The van der Waals surface area contributed by atoms with Crippen LogP contribution in [0, 0.1) is 5.82 Å². The lowest BCUT2D eigenvalue weighted by Gasteiger charge is -2.05. The van der Waals surface area contributed by atoms with Gasteiger partial charge >= 0.3 is 0 Å². The van der Waals surface area contributed by atoms with Crippen LogP contribution in [0.4, 0.5) is 4.39 Å². The van der Waals surface area contributed by atoms with Crippen LogP contribution in [0.1, 0.15) is 19.0 Å². The van der Waals surface area contributed by atoms with Crippen LogP contribution in [0.15, 0.2) is 27.6 Å². The zero-order valence-electron chi connectivity index (χ0n) is 9.70. The van der Waals surface area contributed by atoms with E-state index in [1.54, 1.807) is 0 Å². The van der Waals surface area contributed by atoms with E-state index >= 15 is 0 Å². The van der Waals surface area contributed by atoms with Gasteiger partial charge in [-0.05, 0) is 34.5 Å². The van der Waals surface area contributed by atoms with Gasteiger partial charge in [0.05, 0.1) is 11.9 Å². The van der Waals surface area contributed by atoms with Crippen LogP contribution >= 0.6 is 15.9 Å². The van der Waals surface area contributed by atoms with Crippen molar-refractivity contribution in [3.05, 3.63) is 44.7 Å². The van der Waals surface area contributed by atoms with Crippen molar-refractivity contribution in [2.75, 3.05) is 0 Å². The lowest BCUT2D eigenvalue weighted by atomic mass is 10.2. The second-order valence-corrected chi connectivity index (χ2v) is 4.58. The van der Waals surface area contributed by atoms with Gasteiger partial charge in [-0.25, -0.2) is 14.4 Å². The number of halogens is 2. The van der Waals surface area contributed by atoms with Gasteiger partial charge in [-0.3, -0.25) is 4.79 Å². The van der Waals surface area contributed by atoms with Crippen molar-refractivity contribution in [1.29, 1.82) is 0 Å². The van der Waals surface area contributed by atoms with Crippen LogP contribution in [-0.4, -0.2) is 15.0 Å². The highest BCUT2D eigenvalue weighted by molar-refractivity contribution is 9.10. The molecule has 0 aliphatic rings. The molecule has 0 radical (unpaired) electrons. The van der Waals surface area contributed by atoms with E-state index in [0.29, 0.717) is 28.1 Å². The summed E-state index contributed by atoms with van der Waals surface area (Å²) >= 11 is 3.21. The third-order valence-corrected chi connectivity index (χ3v) is 3.21. The first-order valence-electron chi connectivity index (χ1n) is 5.52. The molecule has 1 N–H and O–H groups in total. The highest BCUT2D eigenvalue weighted by atomic mass is 79.9. The van der Waals surface area contributed by atoms with Crippen molar-refractivity contribution in [3.8, 4) is 11.5 Å². The first-order valence-corrected chi connectivity index (χ1v) is 6.31. The number of nitrogens with one attached hydrogen (secondary N) is 1. The number of H-pyrrole nitrogens is 1. The monoisotopic (exact) mass is 311 g/mol. The second-order valence-electron chi connectivity index (χ2n) is 3.79. The van der Waals surface area contributed by atoms with Gasteiger partial charge in [-0.2, -0.15) is 0 Å². The first-order chi connectivity index (χ1) is 8.61. The molecule has 0 aliphatic heterocycles. The normalized spacial score (nSPS) is 10.6. The SMILES string of the molecule is CCCc1nc(-c2ccc(F)cn2)[nH]c(=O)c1Br. The van der Waals surface area contributed by atoms with Gasteiger partial charge < -0.3 is 4.98 Å². The molecular weight excluding hydrogens is 301 g/mol. The Balaban J connectivity index is 2.51. The third-order valence-electron chi connectivity index (χ3n) is 2.39. The molecule has 4 nitrogen and oxygen atoms in total. The number of hydrogen-bond donors (Lipinski definition) is 1. The molecule has 0 fully saturated rings. The van der Waals surface area contributed by atoms with E-state index in [9.17, 15) is 9.18 Å². The number of aromatic nitrogens is 3. The predicted octanol–water partition coefficient (Wildman–Crippen LogP) is 2.69. The van der Waals surface area contributed by atoms with Crippen LogP contribution in [-0.2, 0) is 6.42 Å². The number of pyridine rings is 1. The minimum atomic E-state index is -0.424. The molecule has 0 bridgehead atoms. The third kappa shape index (κ3) is 2.64. The molecule has 2 heterocycles. The fraction of sp³-hybridized carbons (Fsp3) is 0.250. The van der Waals surface area contributed by atoms with Crippen LogP contribution in [0.2, 0.25) is 0 Å². The van der Waals surface area contributed by atoms with E-state index in [4.69, 9.17) is 0 Å². The molecule has 0 saturated heterocycles. The molecule has 0 spiro atoms. The van der Waals surface area contributed by atoms with Crippen molar-refractivity contribution >= 4 is 15.9 Å². The highest BCUT2D eigenvalue weighted by Crippen LogP contribution is 2.16. The fourth-order valence-electron chi connectivity index (χ4n) is 1.55. The van der Waals surface area contributed by atoms with E-state index in [-0.39, 0.29) is 5.56 Å². The van der Waals surface area contributed by atoms with Crippen molar-refractivity contribution in [3.63, 3.8) is 0 Å². The standard InChI is InChI=1S/C12H11BrFN3O/c1-2-3-8-10(13)12(18)17-11(16-8)9-5-4-7(14)6-15-9/h4-6H,2-3H2,1H3,(H,16,17,18). The molecule has 0 saturated carbocycles. The molecule has 2 aromatic heterocycles.